The summed E-state index contributed by atoms with van der Waals surface area (Å²) in [5.41, 5.74) is 0.981. The van der Waals surface area contributed by atoms with Gasteiger partial charge in [0.1, 0.15) is 18.2 Å². The summed E-state index contributed by atoms with van der Waals surface area (Å²) in [4.78, 5) is 12.6. The number of halogens is 1. The molecule has 4 N–H and O–H groups in total. The molecule has 0 aromatic heterocycles. The van der Waals surface area contributed by atoms with Crippen molar-refractivity contribution in [3.63, 3.8) is 0 Å². The van der Waals surface area contributed by atoms with Gasteiger partial charge in [-0.2, -0.15) is 0 Å². The van der Waals surface area contributed by atoms with E-state index in [-0.39, 0.29) is 11.8 Å². The fourth-order valence-electron chi connectivity index (χ4n) is 2.98. The summed E-state index contributed by atoms with van der Waals surface area (Å²) in [5.74, 6) is 0.533. The van der Waals surface area contributed by atoms with E-state index in [0.717, 1.165) is 13.0 Å². The van der Waals surface area contributed by atoms with Crippen LogP contribution in [-0.4, -0.2) is 57.0 Å². The molecule has 7 nitrogen and oxygen atoms in total. The van der Waals surface area contributed by atoms with Crippen LogP contribution in [0.1, 0.15) is 16.8 Å². The van der Waals surface area contributed by atoms with Crippen LogP contribution in [0.3, 0.4) is 0 Å². The van der Waals surface area contributed by atoms with Crippen LogP contribution in [0, 0.1) is 5.92 Å². The number of carbonyl (C=O) groups is 1. The number of aliphatic hydroxyl groups is 1. The summed E-state index contributed by atoms with van der Waals surface area (Å²) in [6.07, 6.45) is 0.368. The highest BCUT2D eigenvalue weighted by Crippen LogP contribution is 2.44. The molecule has 2 atom stereocenters. The molecule has 24 heavy (non-hydrogen) atoms. The first-order chi connectivity index (χ1) is 11.6. The highest BCUT2D eigenvalue weighted by molar-refractivity contribution is 6.35. The van der Waals surface area contributed by atoms with Crippen LogP contribution < -0.4 is 25.4 Å². The lowest BCUT2D eigenvalue weighted by Crippen LogP contribution is -2.45. The summed E-state index contributed by atoms with van der Waals surface area (Å²) < 4.78 is 11.2. The van der Waals surface area contributed by atoms with Crippen molar-refractivity contribution in [2.45, 2.75) is 12.5 Å². The number of anilines is 1. The molecule has 0 bridgehead atoms. The molecule has 3 rings (SSSR count). The maximum absolute atomic E-state index is 12.6. The van der Waals surface area contributed by atoms with Crippen molar-refractivity contribution in [2.24, 2.45) is 5.92 Å². The Bertz CT molecular complexity index is 626. The number of piperidine rings is 1. The number of aliphatic hydroxyl groups excluding tert-OH is 1. The monoisotopic (exact) mass is 355 g/mol. The smallest absolute Gasteiger partial charge is 0.255 e. The first-order valence-electron chi connectivity index (χ1n) is 8.08. The molecule has 0 radical (unpaired) electrons. The summed E-state index contributed by atoms with van der Waals surface area (Å²) in [6, 6.07) is 1.66. The van der Waals surface area contributed by atoms with E-state index in [9.17, 15) is 9.90 Å². The number of benzene rings is 1. The highest BCUT2D eigenvalue weighted by atomic mass is 35.5. The largest absolute Gasteiger partial charge is 0.485 e. The first kappa shape index (κ1) is 17.1. The van der Waals surface area contributed by atoms with E-state index in [2.05, 4.69) is 16.0 Å². The van der Waals surface area contributed by atoms with Gasteiger partial charge in [0.05, 0.1) is 17.4 Å². The second-order valence-electron chi connectivity index (χ2n) is 5.92. The molecule has 2 heterocycles. The van der Waals surface area contributed by atoms with Gasteiger partial charge in [-0.05, 0) is 19.0 Å². The second kappa shape index (κ2) is 7.46. The predicted octanol–water partition coefficient (Wildman–Crippen LogP) is 0.853. The van der Waals surface area contributed by atoms with Crippen LogP contribution in [0.2, 0.25) is 5.02 Å². The molecule has 1 amide bonds. The molecular formula is C16H22ClN3O4. The molecular weight excluding hydrogens is 334 g/mol. The number of ether oxygens (including phenoxy) is 2. The fraction of sp³-hybridized carbons (Fsp3) is 0.562. The number of nitrogens with one attached hydrogen (secondary N) is 3. The Hall–Kier alpha value is -1.70. The highest BCUT2D eigenvalue weighted by Gasteiger charge is 2.28. The quantitative estimate of drug-likeness (QED) is 0.640. The second-order valence-corrected chi connectivity index (χ2v) is 6.30. The molecule has 0 spiro atoms. The summed E-state index contributed by atoms with van der Waals surface area (Å²) >= 11 is 6.28. The van der Waals surface area contributed by atoms with E-state index in [1.165, 1.54) is 0 Å². The minimum Gasteiger partial charge on any atom is -0.485 e. The van der Waals surface area contributed by atoms with E-state index in [4.69, 9.17) is 21.1 Å². The number of amides is 1. The van der Waals surface area contributed by atoms with E-state index in [1.807, 2.05) is 0 Å². The van der Waals surface area contributed by atoms with Gasteiger partial charge < -0.3 is 30.5 Å². The topological polar surface area (TPSA) is 91.9 Å². The van der Waals surface area contributed by atoms with Gasteiger partial charge in [0.25, 0.3) is 5.91 Å². The van der Waals surface area contributed by atoms with Gasteiger partial charge in [0.2, 0.25) is 0 Å². The molecule has 1 fully saturated rings. The average molecular weight is 356 g/mol. The minimum atomic E-state index is -0.453. The SMILES string of the molecule is CNc1cc(C(=O)NC[C@@H]2CCNCC2O)c2c(c1Cl)OCCO2. The summed E-state index contributed by atoms with van der Waals surface area (Å²) in [5, 5.41) is 19.3. The minimum absolute atomic E-state index is 0.0410. The maximum atomic E-state index is 12.6. The van der Waals surface area contributed by atoms with Crippen molar-refractivity contribution in [2.75, 3.05) is 45.2 Å². The van der Waals surface area contributed by atoms with Crippen molar-refractivity contribution in [3.8, 4) is 11.5 Å². The molecule has 2 aliphatic rings. The lowest BCUT2D eigenvalue weighted by atomic mass is 9.95. The molecule has 1 unspecified atom stereocenters. The van der Waals surface area contributed by atoms with Gasteiger partial charge in [0.15, 0.2) is 11.5 Å². The number of hydrogen-bond acceptors (Lipinski definition) is 6. The van der Waals surface area contributed by atoms with Crippen LogP contribution in [0.5, 0.6) is 11.5 Å². The molecule has 2 aliphatic heterocycles. The molecule has 1 aromatic carbocycles. The van der Waals surface area contributed by atoms with Gasteiger partial charge >= 0.3 is 0 Å². The van der Waals surface area contributed by atoms with Gasteiger partial charge in [-0.3, -0.25) is 4.79 Å². The molecule has 0 aliphatic carbocycles. The predicted molar refractivity (Wildman–Crippen MR) is 91.3 cm³/mol. The standard InChI is InChI=1S/C16H22ClN3O4/c1-18-11-6-10(14-15(13(11)17)24-5-4-23-14)16(22)20-7-9-2-3-19-8-12(9)21/h6,9,12,18-19,21H,2-5,7-8H2,1H3,(H,20,22)/t9-,12?/m0/s1. The normalized spacial score (nSPS) is 22.8. The zero-order valence-electron chi connectivity index (χ0n) is 13.5. The van der Waals surface area contributed by atoms with Gasteiger partial charge in [-0.1, -0.05) is 11.6 Å². The number of β-amino-alcohol motifs (C(OH)–C–C–N with tert-alkyl or cyclic N) is 1. The molecule has 0 saturated carbocycles. The fourth-order valence-corrected chi connectivity index (χ4v) is 3.27. The Balaban J connectivity index is 1.79. The number of fused-ring (bicyclic) bond motifs is 1. The lowest BCUT2D eigenvalue weighted by molar-refractivity contribution is 0.0750. The van der Waals surface area contributed by atoms with E-state index in [0.29, 0.717) is 54.1 Å². The van der Waals surface area contributed by atoms with E-state index in [1.54, 1.807) is 13.1 Å². The molecule has 132 valence electrons. The van der Waals surface area contributed by atoms with E-state index < -0.39 is 6.10 Å². The zero-order valence-corrected chi connectivity index (χ0v) is 14.3. The third kappa shape index (κ3) is 3.38. The van der Waals surface area contributed by atoms with Crippen molar-refractivity contribution < 1.29 is 19.4 Å². The van der Waals surface area contributed by atoms with Crippen LogP contribution in [-0.2, 0) is 0 Å². The van der Waals surface area contributed by atoms with Crippen molar-refractivity contribution in [1.82, 2.24) is 10.6 Å². The Morgan fingerprint density at radius 1 is 1.42 bits per heavy atom. The summed E-state index contributed by atoms with van der Waals surface area (Å²) in [6.45, 7) is 2.57. The van der Waals surface area contributed by atoms with E-state index >= 15 is 0 Å². The van der Waals surface area contributed by atoms with Crippen molar-refractivity contribution in [3.05, 3.63) is 16.7 Å². The number of rotatable bonds is 4. The van der Waals surface area contributed by atoms with Crippen molar-refractivity contribution in [1.29, 1.82) is 0 Å². The lowest BCUT2D eigenvalue weighted by Gasteiger charge is -2.28. The van der Waals surface area contributed by atoms with Gasteiger partial charge in [-0.15, -0.1) is 0 Å². The Labute approximate surface area is 145 Å². The maximum Gasteiger partial charge on any atom is 0.255 e. The van der Waals surface area contributed by atoms with Crippen LogP contribution >= 0.6 is 11.6 Å². The van der Waals surface area contributed by atoms with Crippen LogP contribution in [0.4, 0.5) is 5.69 Å². The third-order valence-electron chi connectivity index (χ3n) is 4.38. The van der Waals surface area contributed by atoms with Crippen LogP contribution in [0.25, 0.3) is 0 Å². The Morgan fingerprint density at radius 2 is 2.17 bits per heavy atom. The van der Waals surface area contributed by atoms with Crippen molar-refractivity contribution >= 4 is 23.2 Å². The molecule has 8 heteroatoms. The molecule has 1 aromatic rings. The van der Waals surface area contributed by atoms with Gasteiger partial charge in [-0.25, -0.2) is 0 Å². The number of carbonyl (C=O) groups excluding carboxylic acids is 1. The molecule has 1 saturated heterocycles. The third-order valence-corrected chi connectivity index (χ3v) is 4.76. The van der Waals surface area contributed by atoms with Gasteiger partial charge in [0, 0.05) is 26.1 Å². The Kier molecular flexibility index (Phi) is 5.33. The van der Waals surface area contributed by atoms with Crippen LogP contribution in [0.15, 0.2) is 6.07 Å². The zero-order chi connectivity index (χ0) is 17.1. The number of hydrogen-bond donors (Lipinski definition) is 4. The summed E-state index contributed by atoms with van der Waals surface area (Å²) in [7, 11) is 1.73. The average Bonchev–Trinajstić information content (AvgIpc) is 2.61. The Morgan fingerprint density at radius 3 is 2.88 bits per heavy atom. The first-order valence-corrected chi connectivity index (χ1v) is 8.46.